The van der Waals surface area contributed by atoms with Crippen LogP contribution in [0.3, 0.4) is 0 Å². The van der Waals surface area contributed by atoms with E-state index in [4.69, 9.17) is 4.99 Å². The molecule has 0 aromatic carbocycles. The quantitative estimate of drug-likeness (QED) is 0.585. The lowest BCUT2D eigenvalue weighted by atomic mass is 9.79. The maximum absolute atomic E-state index is 10.8. The van der Waals surface area contributed by atoms with E-state index in [0.29, 0.717) is 11.8 Å². The summed E-state index contributed by atoms with van der Waals surface area (Å²) < 4.78 is 0. The number of rotatable bonds is 6. The second-order valence-electron chi connectivity index (χ2n) is 6.68. The molecule has 1 aliphatic carbocycles. The maximum Gasteiger partial charge on any atom is 0.194 e. The van der Waals surface area contributed by atoms with Gasteiger partial charge in [0.2, 0.25) is 0 Å². The van der Waals surface area contributed by atoms with Crippen molar-refractivity contribution < 1.29 is 5.11 Å². The minimum atomic E-state index is -0.611. The van der Waals surface area contributed by atoms with Crippen LogP contribution >= 0.6 is 23.1 Å². The van der Waals surface area contributed by atoms with Gasteiger partial charge in [0.25, 0.3) is 0 Å². The van der Waals surface area contributed by atoms with E-state index in [0.717, 1.165) is 57.3 Å². The molecule has 0 amide bonds. The van der Waals surface area contributed by atoms with Gasteiger partial charge in [-0.3, -0.25) is 4.99 Å². The molecule has 2 N–H and O–H groups in total. The second-order valence-corrected chi connectivity index (χ2v) is 9.09. The highest BCUT2D eigenvalue weighted by Crippen LogP contribution is 2.41. The predicted octanol–water partition coefficient (Wildman–Crippen LogP) is 2.48. The molecule has 2 unspecified atom stereocenters. The van der Waals surface area contributed by atoms with E-state index in [1.807, 2.05) is 11.8 Å². The Kier molecular flexibility index (Phi) is 6.52. The normalized spacial score (nSPS) is 27.3. The molecule has 25 heavy (non-hydrogen) atoms. The van der Waals surface area contributed by atoms with Gasteiger partial charge in [0.1, 0.15) is 0 Å². The Morgan fingerprint density at radius 1 is 1.40 bits per heavy atom. The molecular formula is C18H30N4OS2. The summed E-state index contributed by atoms with van der Waals surface area (Å²) in [5, 5.41) is 18.0. The molecule has 5 nitrogen and oxygen atoms in total. The second kappa shape index (κ2) is 8.64. The van der Waals surface area contributed by atoms with Crippen molar-refractivity contribution in [2.75, 3.05) is 49.9 Å². The highest BCUT2D eigenvalue weighted by atomic mass is 32.2. The Morgan fingerprint density at radius 3 is 2.76 bits per heavy atom. The number of thioether (sulfide) groups is 1. The van der Waals surface area contributed by atoms with Gasteiger partial charge in [0, 0.05) is 38.0 Å². The fourth-order valence-corrected chi connectivity index (χ4v) is 5.42. The summed E-state index contributed by atoms with van der Waals surface area (Å²) in [6.45, 7) is 9.60. The third-order valence-corrected chi connectivity index (χ3v) is 7.38. The van der Waals surface area contributed by atoms with Crippen molar-refractivity contribution in [2.24, 2.45) is 4.99 Å². The van der Waals surface area contributed by atoms with Crippen molar-refractivity contribution in [1.29, 1.82) is 0 Å². The van der Waals surface area contributed by atoms with Crippen LogP contribution in [0.4, 0.5) is 5.00 Å². The van der Waals surface area contributed by atoms with Gasteiger partial charge in [-0.15, -0.1) is 11.3 Å². The molecule has 1 saturated heterocycles. The Bertz CT molecular complexity index is 557. The molecule has 2 heterocycles. The lowest BCUT2D eigenvalue weighted by Gasteiger charge is -2.44. The standard InChI is InChI=1S/C18H30N4OS2/c1-3-19-17(20-14-18(23)8-7-15(18)24-4-2)22-11-9-21(10-12-22)16-6-5-13-25-16/h5-6,13,15,23H,3-4,7-12,14H2,1-2H3,(H,19,20). The molecule has 0 spiro atoms. The SMILES string of the molecule is CCNC(=NCC1(O)CCC1SCC)N1CCN(c2cccs2)CC1. The number of anilines is 1. The lowest BCUT2D eigenvalue weighted by molar-refractivity contribution is -0.0156. The first kappa shape index (κ1) is 18.9. The molecule has 0 radical (unpaired) electrons. The van der Waals surface area contributed by atoms with Gasteiger partial charge in [-0.25, -0.2) is 0 Å². The highest BCUT2D eigenvalue weighted by Gasteiger charge is 2.45. The Balaban J connectivity index is 1.58. The molecule has 1 saturated carbocycles. The zero-order valence-electron chi connectivity index (χ0n) is 15.3. The number of hydrogen-bond donors (Lipinski definition) is 2. The maximum atomic E-state index is 10.8. The molecular weight excluding hydrogens is 352 g/mol. The zero-order chi connectivity index (χ0) is 17.7. The van der Waals surface area contributed by atoms with E-state index in [1.54, 1.807) is 11.3 Å². The molecule has 2 atom stereocenters. The number of nitrogens with zero attached hydrogens (tertiary/aromatic N) is 3. The minimum absolute atomic E-state index is 0.347. The van der Waals surface area contributed by atoms with Crippen molar-refractivity contribution in [2.45, 2.75) is 37.5 Å². The zero-order valence-corrected chi connectivity index (χ0v) is 16.9. The Hall–Kier alpha value is -0.920. The number of nitrogens with one attached hydrogen (secondary N) is 1. The van der Waals surface area contributed by atoms with E-state index in [1.165, 1.54) is 5.00 Å². The van der Waals surface area contributed by atoms with Crippen molar-refractivity contribution in [3.8, 4) is 0 Å². The van der Waals surface area contributed by atoms with Crippen LogP contribution in [0.5, 0.6) is 0 Å². The first-order chi connectivity index (χ1) is 12.2. The number of aliphatic hydroxyl groups is 1. The van der Waals surface area contributed by atoms with Crippen LogP contribution < -0.4 is 10.2 Å². The molecule has 2 aliphatic rings. The van der Waals surface area contributed by atoms with Gasteiger partial charge in [-0.1, -0.05) is 6.92 Å². The first-order valence-electron chi connectivity index (χ1n) is 9.32. The number of thiophene rings is 1. The lowest BCUT2D eigenvalue weighted by Crippen LogP contribution is -2.55. The van der Waals surface area contributed by atoms with Gasteiger partial charge in [-0.05, 0) is 43.0 Å². The van der Waals surface area contributed by atoms with Crippen LogP contribution in [-0.2, 0) is 0 Å². The summed E-state index contributed by atoms with van der Waals surface area (Å²) in [5.41, 5.74) is -0.611. The highest BCUT2D eigenvalue weighted by molar-refractivity contribution is 8.00. The fourth-order valence-electron chi connectivity index (χ4n) is 3.44. The molecule has 2 fully saturated rings. The van der Waals surface area contributed by atoms with Gasteiger partial charge < -0.3 is 20.2 Å². The number of piperazine rings is 1. The van der Waals surface area contributed by atoms with Gasteiger partial charge in [0.15, 0.2) is 5.96 Å². The van der Waals surface area contributed by atoms with Gasteiger partial charge in [0.05, 0.1) is 17.1 Å². The van der Waals surface area contributed by atoms with E-state index in [9.17, 15) is 5.11 Å². The van der Waals surface area contributed by atoms with Crippen molar-refractivity contribution in [3.05, 3.63) is 17.5 Å². The first-order valence-corrected chi connectivity index (χ1v) is 11.2. The molecule has 3 rings (SSSR count). The molecule has 7 heteroatoms. The Morgan fingerprint density at radius 2 is 2.20 bits per heavy atom. The largest absolute Gasteiger partial charge is 0.387 e. The van der Waals surface area contributed by atoms with Crippen LogP contribution in [0.2, 0.25) is 0 Å². The summed E-state index contributed by atoms with van der Waals surface area (Å²) >= 11 is 3.67. The van der Waals surface area contributed by atoms with Crippen LogP contribution in [0.15, 0.2) is 22.5 Å². The van der Waals surface area contributed by atoms with E-state index in [-0.39, 0.29) is 0 Å². The third-order valence-electron chi connectivity index (χ3n) is 5.04. The van der Waals surface area contributed by atoms with Crippen LogP contribution in [0, 0.1) is 0 Å². The van der Waals surface area contributed by atoms with Crippen molar-refractivity contribution >= 4 is 34.1 Å². The Labute approximate surface area is 159 Å². The van der Waals surface area contributed by atoms with Crippen molar-refractivity contribution in [1.82, 2.24) is 10.2 Å². The molecule has 1 aromatic rings. The average molecular weight is 383 g/mol. The molecule has 1 aromatic heterocycles. The summed E-state index contributed by atoms with van der Waals surface area (Å²) in [6, 6.07) is 4.30. The molecule has 0 bridgehead atoms. The van der Waals surface area contributed by atoms with Crippen LogP contribution in [0.25, 0.3) is 0 Å². The fraction of sp³-hybridized carbons (Fsp3) is 0.722. The third kappa shape index (κ3) is 4.44. The summed E-state index contributed by atoms with van der Waals surface area (Å²) in [7, 11) is 0. The topological polar surface area (TPSA) is 51.1 Å². The summed E-state index contributed by atoms with van der Waals surface area (Å²) in [4.78, 5) is 9.58. The van der Waals surface area contributed by atoms with E-state index < -0.39 is 5.60 Å². The van der Waals surface area contributed by atoms with Gasteiger partial charge >= 0.3 is 0 Å². The van der Waals surface area contributed by atoms with E-state index in [2.05, 4.69) is 46.5 Å². The van der Waals surface area contributed by atoms with Gasteiger partial charge in [-0.2, -0.15) is 11.8 Å². The summed E-state index contributed by atoms with van der Waals surface area (Å²) in [6.07, 6.45) is 1.99. The number of guanidine groups is 1. The van der Waals surface area contributed by atoms with Crippen LogP contribution in [0.1, 0.15) is 26.7 Å². The molecule has 140 valence electrons. The van der Waals surface area contributed by atoms with Crippen LogP contribution in [-0.4, -0.2) is 71.8 Å². The summed E-state index contributed by atoms with van der Waals surface area (Å²) in [5.74, 6) is 2.01. The monoisotopic (exact) mass is 382 g/mol. The molecule has 1 aliphatic heterocycles. The number of aliphatic imine (C=N–C) groups is 1. The number of hydrogen-bond acceptors (Lipinski definition) is 5. The predicted molar refractivity (Wildman–Crippen MR) is 110 cm³/mol. The van der Waals surface area contributed by atoms with E-state index >= 15 is 0 Å². The average Bonchev–Trinajstić information content (AvgIpc) is 3.17. The van der Waals surface area contributed by atoms with Crippen molar-refractivity contribution in [3.63, 3.8) is 0 Å². The smallest absolute Gasteiger partial charge is 0.194 e. The minimum Gasteiger partial charge on any atom is -0.387 e.